The second-order valence-corrected chi connectivity index (χ2v) is 7.22. The van der Waals surface area contributed by atoms with Crippen molar-refractivity contribution in [3.05, 3.63) is 23.6 Å². The summed E-state index contributed by atoms with van der Waals surface area (Å²) in [6.07, 6.45) is 10.1. The minimum Gasteiger partial charge on any atom is -0.221 e. The molecule has 0 saturated carbocycles. The molecule has 0 atom stereocenters. The molecule has 0 rings (SSSR count). The summed E-state index contributed by atoms with van der Waals surface area (Å²) in [4.78, 5) is 1.32. The van der Waals surface area contributed by atoms with Crippen LogP contribution in [0.5, 0.6) is 0 Å². The Morgan fingerprint density at radius 3 is 2.36 bits per heavy atom. The molecule has 0 aliphatic rings. The van der Waals surface area contributed by atoms with Gasteiger partial charge in [0, 0.05) is 0 Å². The molecular formula is C10H20S. The summed E-state index contributed by atoms with van der Waals surface area (Å²) >= 11 is 0. The van der Waals surface area contributed by atoms with Crippen molar-refractivity contribution in [2.75, 3.05) is 18.3 Å². The summed E-state index contributed by atoms with van der Waals surface area (Å²) in [7, 11) is -0.554. The van der Waals surface area contributed by atoms with Crippen LogP contribution in [0, 0.1) is 0 Å². The van der Waals surface area contributed by atoms with Crippen LogP contribution >= 0.6 is 10.0 Å². The van der Waals surface area contributed by atoms with Crippen molar-refractivity contribution >= 4 is 10.0 Å². The first-order valence-electron chi connectivity index (χ1n) is 4.07. The minimum atomic E-state index is -0.554. The first-order chi connectivity index (χ1) is 5.04. The lowest BCUT2D eigenvalue weighted by atomic mass is 10.5. The third-order valence-corrected chi connectivity index (χ3v) is 4.76. The highest BCUT2D eigenvalue weighted by molar-refractivity contribution is 8.35. The molecule has 0 aromatic carbocycles. The molecule has 66 valence electrons. The van der Waals surface area contributed by atoms with Gasteiger partial charge in [0.1, 0.15) is 0 Å². The fourth-order valence-electron chi connectivity index (χ4n) is 1.01. The van der Waals surface area contributed by atoms with Gasteiger partial charge in [-0.25, -0.2) is 10.0 Å². The van der Waals surface area contributed by atoms with Crippen LogP contribution in [0.25, 0.3) is 0 Å². The van der Waals surface area contributed by atoms with Gasteiger partial charge in [0.15, 0.2) is 0 Å². The molecule has 0 fully saturated rings. The van der Waals surface area contributed by atoms with Crippen molar-refractivity contribution in [3.8, 4) is 0 Å². The van der Waals surface area contributed by atoms with Crippen molar-refractivity contribution in [2.45, 2.75) is 20.3 Å². The zero-order valence-electron chi connectivity index (χ0n) is 8.18. The molecule has 0 heterocycles. The molecule has 0 aliphatic carbocycles. The maximum atomic E-state index is 4.08. The average Bonchev–Trinajstić information content (AvgIpc) is 1.88. The molecule has 0 amide bonds. The highest BCUT2D eigenvalue weighted by Gasteiger charge is 2.11. The summed E-state index contributed by atoms with van der Waals surface area (Å²) in [6, 6.07) is 0. The summed E-state index contributed by atoms with van der Waals surface area (Å²) in [5.41, 5.74) is 0. The smallest absolute Gasteiger partial charge is 0.0179 e. The van der Waals surface area contributed by atoms with Crippen LogP contribution in [0.3, 0.4) is 0 Å². The Kier molecular flexibility index (Phi) is 4.58. The lowest BCUT2D eigenvalue weighted by Crippen LogP contribution is -2.00. The Labute approximate surface area is 72.7 Å². The fraction of sp³-hybridized carbons (Fsp3) is 0.600. The number of hydrogen-bond acceptors (Lipinski definition) is 0. The molecule has 0 aliphatic heterocycles. The maximum absolute atomic E-state index is 4.08. The van der Waals surface area contributed by atoms with Gasteiger partial charge in [-0.05, 0) is 36.5 Å². The van der Waals surface area contributed by atoms with Crippen molar-refractivity contribution in [1.29, 1.82) is 0 Å². The van der Waals surface area contributed by atoms with Crippen molar-refractivity contribution in [2.24, 2.45) is 0 Å². The van der Waals surface area contributed by atoms with Crippen LogP contribution in [-0.4, -0.2) is 18.3 Å². The molecule has 0 bridgehead atoms. The summed E-state index contributed by atoms with van der Waals surface area (Å²) < 4.78 is 0. The van der Waals surface area contributed by atoms with Gasteiger partial charge in [-0.15, -0.1) is 0 Å². The topological polar surface area (TPSA) is 0 Å². The number of allylic oxidation sites excluding steroid dienone is 2. The van der Waals surface area contributed by atoms with Gasteiger partial charge in [0.25, 0.3) is 0 Å². The second kappa shape index (κ2) is 4.66. The van der Waals surface area contributed by atoms with Crippen molar-refractivity contribution < 1.29 is 0 Å². The maximum Gasteiger partial charge on any atom is -0.0179 e. The Morgan fingerprint density at radius 1 is 1.45 bits per heavy atom. The molecule has 1 heteroatoms. The third-order valence-electron chi connectivity index (χ3n) is 1.78. The van der Waals surface area contributed by atoms with Gasteiger partial charge >= 0.3 is 0 Å². The highest BCUT2D eigenvalue weighted by Crippen LogP contribution is 2.48. The van der Waals surface area contributed by atoms with E-state index in [1.807, 2.05) is 6.92 Å². The summed E-state index contributed by atoms with van der Waals surface area (Å²) in [6.45, 7) is 8.37. The second-order valence-electron chi connectivity index (χ2n) is 3.21. The third kappa shape index (κ3) is 3.66. The monoisotopic (exact) mass is 172 g/mol. The van der Waals surface area contributed by atoms with E-state index < -0.39 is 10.0 Å². The van der Waals surface area contributed by atoms with E-state index >= 15 is 0 Å². The van der Waals surface area contributed by atoms with Crippen molar-refractivity contribution in [1.82, 2.24) is 0 Å². The fourth-order valence-corrected chi connectivity index (χ4v) is 2.80. The highest BCUT2D eigenvalue weighted by atomic mass is 32.3. The Bertz CT molecular complexity index is 154. The van der Waals surface area contributed by atoms with E-state index in [9.17, 15) is 0 Å². The predicted molar refractivity (Wildman–Crippen MR) is 58.6 cm³/mol. The summed E-state index contributed by atoms with van der Waals surface area (Å²) in [5, 5.41) is 0. The lowest BCUT2D eigenvalue weighted by Gasteiger charge is -2.31. The predicted octanol–water partition coefficient (Wildman–Crippen LogP) is 3.55. The van der Waals surface area contributed by atoms with Crippen molar-refractivity contribution in [3.63, 3.8) is 0 Å². The molecule has 0 saturated heterocycles. The van der Waals surface area contributed by atoms with Crippen LogP contribution in [0.15, 0.2) is 23.6 Å². The van der Waals surface area contributed by atoms with E-state index in [-0.39, 0.29) is 0 Å². The molecule has 0 spiro atoms. The molecular weight excluding hydrogens is 152 g/mol. The van der Waals surface area contributed by atoms with Gasteiger partial charge in [0.2, 0.25) is 0 Å². The van der Waals surface area contributed by atoms with Gasteiger partial charge in [-0.2, -0.15) is 0 Å². The van der Waals surface area contributed by atoms with E-state index in [2.05, 4.69) is 38.2 Å². The van der Waals surface area contributed by atoms with Gasteiger partial charge in [-0.1, -0.05) is 25.7 Å². The average molecular weight is 172 g/mol. The van der Waals surface area contributed by atoms with Crippen LogP contribution in [0.1, 0.15) is 20.3 Å². The Balaban J connectivity index is 4.17. The lowest BCUT2D eigenvalue weighted by molar-refractivity contribution is 1.10. The van der Waals surface area contributed by atoms with E-state index in [1.165, 1.54) is 17.1 Å². The largest absolute Gasteiger partial charge is 0.221 e. The van der Waals surface area contributed by atoms with Crippen LogP contribution in [0.4, 0.5) is 0 Å². The quantitative estimate of drug-likeness (QED) is 0.569. The van der Waals surface area contributed by atoms with Crippen LogP contribution in [-0.2, 0) is 0 Å². The van der Waals surface area contributed by atoms with Crippen LogP contribution in [0.2, 0.25) is 0 Å². The first-order valence-corrected chi connectivity index (χ1v) is 6.69. The summed E-state index contributed by atoms with van der Waals surface area (Å²) in [5.74, 6) is 1.30. The molecule has 0 unspecified atom stereocenters. The molecule has 0 radical (unpaired) electrons. The zero-order valence-corrected chi connectivity index (χ0v) is 9.00. The minimum absolute atomic E-state index is 0.554. The van der Waals surface area contributed by atoms with E-state index in [1.54, 1.807) is 0 Å². The normalized spacial score (nSPS) is 13.8. The number of hydrogen-bond donors (Lipinski definition) is 0. The number of rotatable bonds is 4. The molecule has 0 aromatic heterocycles. The van der Waals surface area contributed by atoms with Gasteiger partial charge in [0.05, 0.1) is 0 Å². The van der Waals surface area contributed by atoms with Gasteiger partial charge in [-0.3, -0.25) is 0 Å². The SMILES string of the molecule is C=C(C=CC)S(C)(C)CCC. The van der Waals surface area contributed by atoms with Gasteiger partial charge < -0.3 is 0 Å². The first kappa shape index (κ1) is 10.8. The van der Waals surface area contributed by atoms with E-state index in [0.717, 1.165) is 0 Å². The standard InChI is InChI=1S/C10H20S/c1-6-8-10(3)11(4,5)9-7-2/h6,8H,3,7,9H2,1-2,4-5H3. The molecule has 11 heavy (non-hydrogen) atoms. The Morgan fingerprint density at radius 2 is 2.00 bits per heavy atom. The van der Waals surface area contributed by atoms with E-state index in [4.69, 9.17) is 0 Å². The zero-order chi connectivity index (χ0) is 8.91. The Hall–Kier alpha value is -0.170. The molecule has 0 N–H and O–H groups in total. The molecule has 0 aromatic rings. The van der Waals surface area contributed by atoms with E-state index in [0.29, 0.717) is 0 Å². The molecule has 0 nitrogen and oxygen atoms in total. The van der Waals surface area contributed by atoms with Crippen LogP contribution < -0.4 is 0 Å².